The quantitative estimate of drug-likeness (QED) is 0.652. The average Bonchev–Trinajstić information content (AvgIpc) is 3.33. The Morgan fingerprint density at radius 2 is 1.83 bits per heavy atom. The summed E-state index contributed by atoms with van der Waals surface area (Å²) < 4.78 is 1.98. The summed E-state index contributed by atoms with van der Waals surface area (Å²) in [5.74, 6) is -0.208. The second-order valence-corrected chi connectivity index (χ2v) is 7.94. The Labute approximate surface area is 179 Å². The van der Waals surface area contributed by atoms with Crippen LogP contribution in [0.5, 0.6) is 0 Å². The van der Waals surface area contributed by atoms with Crippen LogP contribution in [0.1, 0.15) is 12.0 Å². The van der Waals surface area contributed by atoms with Crippen molar-refractivity contribution < 1.29 is 9.63 Å². The lowest BCUT2D eigenvalue weighted by Crippen LogP contribution is -2.41. The highest BCUT2D eigenvalue weighted by Gasteiger charge is 2.49. The molecule has 0 bridgehead atoms. The fourth-order valence-corrected chi connectivity index (χ4v) is 3.91. The van der Waals surface area contributed by atoms with Crippen LogP contribution in [0.3, 0.4) is 0 Å². The second kappa shape index (κ2) is 8.16. The molecule has 1 aromatic heterocycles. The molecule has 3 aromatic rings. The molecule has 0 spiro atoms. The van der Waals surface area contributed by atoms with E-state index in [4.69, 9.17) is 28.0 Å². The number of hydrogen-bond acceptors (Lipinski definition) is 4. The SMILES string of the molecule is CN1OC(C(=O)Nc2ccc(Cl)cc2)CC1(Cn1ccnc1)c1ccc(Cl)cc1. The summed E-state index contributed by atoms with van der Waals surface area (Å²) in [5, 5.41) is 5.94. The Bertz CT molecular complexity index is 977. The van der Waals surface area contributed by atoms with Gasteiger partial charge in [0.15, 0.2) is 6.10 Å². The molecule has 0 radical (unpaired) electrons. The Morgan fingerprint density at radius 3 is 2.45 bits per heavy atom. The number of benzene rings is 2. The highest BCUT2D eigenvalue weighted by atomic mass is 35.5. The maximum absolute atomic E-state index is 12.9. The lowest BCUT2D eigenvalue weighted by atomic mass is 9.85. The van der Waals surface area contributed by atoms with Crippen molar-refractivity contribution in [1.82, 2.24) is 14.6 Å². The maximum atomic E-state index is 12.9. The molecule has 0 saturated carbocycles. The summed E-state index contributed by atoms with van der Waals surface area (Å²) in [6.07, 6.45) is 5.22. The predicted molar refractivity (Wildman–Crippen MR) is 113 cm³/mol. The smallest absolute Gasteiger partial charge is 0.255 e. The van der Waals surface area contributed by atoms with Gasteiger partial charge in [0.2, 0.25) is 0 Å². The van der Waals surface area contributed by atoms with Crippen LogP contribution in [0.2, 0.25) is 10.0 Å². The first-order valence-corrected chi connectivity index (χ1v) is 9.91. The molecule has 29 heavy (non-hydrogen) atoms. The molecule has 2 atom stereocenters. The molecule has 1 aliphatic rings. The van der Waals surface area contributed by atoms with Gasteiger partial charge < -0.3 is 9.88 Å². The molecule has 2 heterocycles. The zero-order chi connectivity index (χ0) is 20.4. The first-order chi connectivity index (χ1) is 14.0. The molecule has 1 N–H and O–H groups in total. The van der Waals surface area contributed by atoms with E-state index >= 15 is 0 Å². The molecule has 4 rings (SSSR count). The molecule has 1 amide bonds. The van der Waals surface area contributed by atoms with Crippen LogP contribution in [0, 0.1) is 0 Å². The molecular weight excluding hydrogens is 411 g/mol. The van der Waals surface area contributed by atoms with E-state index < -0.39 is 11.6 Å². The predicted octanol–water partition coefficient (Wildman–Crippen LogP) is 4.36. The van der Waals surface area contributed by atoms with Gasteiger partial charge in [0.05, 0.1) is 11.9 Å². The number of likely N-dealkylation sites (N-methyl/N-ethyl adjacent to an activating group) is 1. The number of carbonyl (C=O) groups excluding carboxylic acids is 1. The summed E-state index contributed by atoms with van der Waals surface area (Å²) in [6.45, 7) is 0.579. The number of amides is 1. The second-order valence-electron chi connectivity index (χ2n) is 7.07. The lowest BCUT2D eigenvalue weighted by molar-refractivity contribution is -0.179. The number of hydroxylamine groups is 2. The summed E-state index contributed by atoms with van der Waals surface area (Å²) in [7, 11) is 1.85. The maximum Gasteiger partial charge on any atom is 0.255 e. The Kier molecular flexibility index (Phi) is 5.61. The van der Waals surface area contributed by atoms with Crippen molar-refractivity contribution in [3.63, 3.8) is 0 Å². The summed E-state index contributed by atoms with van der Waals surface area (Å²) in [4.78, 5) is 23.0. The first-order valence-electron chi connectivity index (χ1n) is 9.15. The largest absolute Gasteiger partial charge is 0.335 e. The van der Waals surface area contributed by atoms with Gasteiger partial charge in [0, 0.05) is 48.1 Å². The van der Waals surface area contributed by atoms with E-state index in [2.05, 4.69) is 10.3 Å². The van der Waals surface area contributed by atoms with E-state index in [0.717, 1.165) is 5.56 Å². The molecule has 0 aliphatic carbocycles. The third kappa shape index (κ3) is 4.16. The van der Waals surface area contributed by atoms with Crippen LogP contribution in [0.25, 0.3) is 0 Å². The molecule has 1 aliphatic heterocycles. The topological polar surface area (TPSA) is 59.4 Å². The van der Waals surface area contributed by atoms with Crippen molar-refractivity contribution in [2.75, 3.05) is 12.4 Å². The average molecular weight is 431 g/mol. The molecule has 1 fully saturated rings. The Balaban J connectivity index is 1.60. The van der Waals surface area contributed by atoms with Gasteiger partial charge in [0.25, 0.3) is 5.91 Å². The van der Waals surface area contributed by atoms with Gasteiger partial charge in [0.1, 0.15) is 0 Å². The van der Waals surface area contributed by atoms with E-state index in [1.165, 1.54) is 0 Å². The summed E-state index contributed by atoms with van der Waals surface area (Å²) in [5.41, 5.74) is 1.14. The van der Waals surface area contributed by atoms with Gasteiger partial charge in [-0.15, -0.1) is 0 Å². The van der Waals surface area contributed by atoms with Gasteiger partial charge in [-0.1, -0.05) is 35.3 Å². The van der Waals surface area contributed by atoms with E-state index in [-0.39, 0.29) is 5.91 Å². The fraction of sp³-hybridized carbons (Fsp3) is 0.238. The van der Waals surface area contributed by atoms with E-state index in [9.17, 15) is 4.79 Å². The van der Waals surface area contributed by atoms with Crippen molar-refractivity contribution in [2.45, 2.75) is 24.6 Å². The van der Waals surface area contributed by atoms with Crippen molar-refractivity contribution in [1.29, 1.82) is 0 Å². The standard InChI is InChI=1S/C21H20Cl2N4O2/c1-26-21(13-27-11-10-24-14-27,15-2-4-16(22)5-3-15)12-19(29-26)20(28)25-18-8-6-17(23)7-9-18/h2-11,14,19H,12-13H2,1H3,(H,25,28). The zero-order valence-corrected chi connectivity index (χ0v) is 17.3. The molecule has 150 valence electrons. The number of rotatable bonds is 5. The summed E-state index contributed by atoms with van der Waals surface area (Å²) >= 11 is 12.0. The Hall–Kier alpha value is -2.38. The Morgan fingerprint density at radius 1 is 1.17 bits per heavy atom. The number of aromatic nitrogens is 2. The fourth-order valence-electron chi connectivity index (χ4n) is 3.66. The van der Waals surface area contributed by atoms with Gasteiger partial charge in [-0.05, 0) is 42.0 Å². The minimum absolute atomic E-state index is 0.208. The number of hydrogen-bond donors (Lipinski definition) is 1. The van der Waals surface area contributed by atoms with E-state index in [1.54, 1.807) is 41.9 Å². The zero-order valence-electron chi connectivity index (χ0n) is 15.8. The minimum atomic E-state index is -0.644. The van der Waals surface area contributed by atoms with Gasteiger partial charge in [-0.3, -0.25) is 9.63 Å². The number of halogens is 2. The monoisotopic (exact) mass is 430 g/mol. The van der Waals surface area contributed by atoms with Crippen LogP contribution >= 0.6 is 23.2 Å². The van der Waals surface area contributed by atoms with E-state index in [1.807, 2.05) is 42.1 Å². The highest BCUT2D eigenvalue weighted by Crippen LogP contribution is 2.41. The minimum Gasteiger partial charge on any atom is -0.335 e. The number of nitrogens with one attached hydrogen (secondary N) is 1. The molecule has 8 heteroatoms. The third-order valence-corrected chi connectivity index (χ3v) is 5.70. The first kappa shape index (κ1) is 19.9. The van der Waals surface area contributed by atoms with Crippen LogP contribution in [-0.2, 0) is 21.7 Å². The van der Waals surface area contributed by atoms with Crippen LogP contribution in [0.4, 0.5) is 5.69 Å². The van der Waals surface area contributed by atoms with Crippen LogP contribution < -0.4 is 5.32 Å². The number of carbonyl (C=O) groups is 1. The highest BCUT2D eigenvalue weighted by molar-refractivity contribution is 6.30. The van der Waals surface area contributed by atoms with Crippen LogP contribution in [-0.4, -0.2) is 33.7 Å². The van der Waals surface area contributed by atoms with Crippen molar-refractivity contribution >= 4 is 34.8 Å². The van der Waals surface area contributed by atoms with Crippen molar-refractivity contribution in [3.05, 3.63) is 82.9 Å². The van der Waals surface area contributed by atoms with Gasteiger partial charge >= 0.3 is 0 Å². The third-order valence-electron chi connectivity index (χ3n) is 5.20. The van der Waals surface area contributed by atoms with Crippen molar-refractivity contribution in [2.24, 2.45) is 0 Å². The molecular formula is C21H20Cl2N4O2. The number of anilines is 1. The molecule has 2 aromatic carbocycles. The number of nitrogens with zero attached hydrogens (tertiary/aromatic N) is 3. The normalized spacial score (nSPS) is 22.0. The number of imidazole rings is 1. The van der Waals surface area contributed by atoms with E-state index in [0.29, 0.717) is 28.7 Å². The van der Waals surface area contributed by atoms with Gasteiger partial charge in [-0.25, -0.2) is 4.98 Å². The molecule has 2 unspecified atom stereocenters. The van der Waals surface area contributed by atoms with Crippen LogP contribution in [0.15, 0.2) is 67.3 Å². The summed E-state index contributed by atoms with van der Waals surface area (Å²) in [6, 6.07) is 14.6. The van der Waals surface area contributed by atoms with Gasteiger partial charge in [-0.2, -0.15) is 5.06 Å². The van der Waals surface area contributed by atoms with Crippen molar-refractivity contribution in [3.8, 4) is 0 Å². The lowest BCUT2D eigenvalue weighted by Gasteiger charge is -2.34. The molecule has 6 nitrogen and oxygen atoms in total. The molecule has 1 saturated heterocycles.